The van der Waals surface area contributed by atoms with E-state index >= 15 is 0 Å². The quantitative estimate of drug-likeness (QED) is 0.237. The minimum absolute atomic E-state index is 0.0675. The second kappa shape index (κ2) is 16.7. The summed E-state index contributed by atoms with van der Waals surface area (Å²) >= 11 is 0. The monoisotopic (exact) mass is 507 g/mol. The van der Waals surface area contributed by atoms with Gasteiger partial charge >= 0.3 is 0 Å². The SMILES string of the molecule is CCOCCOCCOCCOCCCC(=O)CCC(=O)N1Cc2ccccc2C#Cc2ccccc21. The number of carbonyl (C=O) groups is 2. The third-order valence-electron chi connectivity index (χ3n) is 5.86. The van der Waals surface area contributed by atoms with Gasteiger partial charge in [-0.1, -0.05) is 42.2 Å². The van der Waals surface area contributed by atoms with Crippen LogP contribution in [0.15, 0.2) is 48.5 Å². The van der Waals surface area contributed by atoms with Crippen LogP contribution in [0.5, 0.6) is 0 Å². The molecule has 0 saturated carbocycles. The third kappa shape index (κ3) is 10.1. The van der Waals surface area contributed by atoms with Crippen LogP contribution in [0.1, 0.15) is 49.3 Å². The molecule has 0 spiro atoms. The van der Waals surface area contributed by atoms with Gasteiger partial charge in [0.15, 0.2) is 0 Å². The van der Waals surface area contributed by atoms with E-state index in [0.29, 0.717) is 72.2 Å². The molecule has 1 heterocycles. The predicted molar refractivity (Wildman–Crippen MR) is 142 cm³/mol. The van der Waals surface area contributed by atoms with Crippen molar-refractivity contribution >= 4 is 17.4 Å². The van der Waals surface area contributed by atoms with Crippen LogP contribution in [0.2, 0.25) is 0 Å². The number of Topliss-reactive ketones (excluding diaryl/α,β-unsaturated/α-hetero) is 1. The van der Waals surface area contributed by atoms with Crippen molar-refractivity contribution in [3.63, 3.8) is 0 Å². The number of ether oxygens (including phenoxy) is 4. The maximum Gasteiger partial charge on any atom is 0.227 e. The van der Waals surface area contributed by atoms with Crippen molar-refractivity contribution in [1.82, 2.24) is 0 Å². The summed E-state index contributed by atoms with van der Waals surface area (Å²) in [7, 11) is 0. The molecular formula is C30H37NO6. The third-order valence-corrected chi connectivity index (χ3v) is 5.86. The van der Waals surface area contributed by atoms with Gasteiger partial charge in [0.05, 0.1) is 51.9 Å². The molecule has 0 aliphatic carbocycles. The Morgan fingerprint density at radius 3 is 2.05 bits per heavy atom. The van der Waals surface area contributed by atoms with Crippen LogP contribution in [0.25, 0.3) is 0 Å². The number of para-hydroxylation sites is 1. The van der Waals surface area contributed by atoms with Gasteiger partial charge in [0.25, 0.3) is 0 Å². The van der Waals surface area contributed by atoms with Gasteiger partial charge in [-0.25, -0.2) is 0 Å². The van der Waals surface area contributed by atoms with Gasteiger partial charge in [-0.2, -0.15) is 0 Å². The highest BCUT2D eigenvalue weighted by molar-refractivity contribution is 5.97. The van der Waals surface area contributed by atoms with Crippen molar-refractivity contribution in [2.24, 2.45) is 0 Å². The summed E-state index contributed by atoms with van der Waals surface area (Å²) in [6.45, 7) is 6.75. The fourth-order valence-corrected chi connectivity index (χ4v) is 3.89. The number of nitrogens with zero attached hydrogens (tertiary/aromatic N) is 1. The lowest BCUT2D eigenvalue weighted by Crippen LogP contribution is -2.32. The first-order valence-electron chi connectivity index (χ1n) is 13.0. The Bertz CT molecular complexity index is 1060. The minimum Gasteiger partial charge on any atom is -0.379 e. The maximum absolute atomic E-state index is 13.2. The van der Waals surface area contributed by atoms with Crippen LogP contribution >= 0.6 is 0 Å². The summed E-state index contributed by atoms with van der Waals surface area (Å²) < 4.78 is 21.5. The summed E-state index contributed by atoms with van der Waals surface area (Å²) in [5.74, 6) is 6.41. The lowest BCUT2D eigenvalue weighted by atomic mass is 10.0. The molecule has 0 unspecified atom stereocenters. The van der Waals surface area contributed by atoms with Crippen LogP contribution in [-0.4, -0.2) is 64.5 Å². The maximum atomic E-state index is 13.2. The molecule has 1 aliphatic heterocycles. The Morgan fingerprint density at radius 1 is 0.730 bits per heavy atom. The van der Waals surface area contributed by atoms with E-state index in [4.69, 9.17) is 18.9 Å². The average Bonchev–Trinajstić information content (AvgIpc) is 2.91. The predicted octanol–water partition coefficient (Wildman–Crippen LogP) is 4.15. The van der Waals surface area contributed by atoms with Gasteiger partial charge in [-0.15, -0.1) is 0 Å². The van der Waals surface area contributed by atoms with Gasteiger partial charge in [0.2, 0.25) is 5.91 Å². The van der Waals surface area contributed by atoms with E-state index in [1.807, 2.05) is 55.5 Å². The van der Waals surface area contributed by atoms with Gasteiger partial charge in [-0.3, -0.25) is 9.59 Å². The molecule has 7 heteroatoms. The molecule has 198 valence electrons. The van der Waals surface area contributed by atoms with Crippen LogP contribution in [-0.2, 0) is 35.1 Å². The summed E-state index contributed by atoms with van der Waals surface area (Å²) in [5.41, 5.74) is 3.52. The first kappa shape index (κ1) is 28.5. The van der Waals surface area contributed by atoms with Crippen LogP contribution < -0.4 is 4.90 Å². The topological polar surface area (TPSA) is 74.3 Å². The van der Waals surface area contributed by atoms with E-state index in [2.05, 4.69) is 11.8 Å². The zero-order chi connectivity index (χ0) is 26.1. The molecule has 7 nitrogen and oxygen atoms in total. The van der Waals surface area contributed by atoms with E-state index in [1.165, 1.54) is 0 Å². The van der Waals surface area contributed by atoms with Crippen molar-refractivity contribution in [3.05, 3.63) is 65.2 Å². The molecule has 1 amide bonds. The van der Waals surface area contributed by atoms with Crippen molar-refractivity contribution in [2.45, 2.75) is 39.2 Å². The van der Waals surface area contributed by atoms with Crippen LogP contribution in [0, 0.1) is 11.8 Å². The van der Waals surface area contributed by atoms with Crippen molar-refractivity contribution in [1.29, 1.82) is 0 Å². The van der Waals surface area contributed by atoms with E-state index in [9.17, 15) is 9.59 Å². The first-order chi connectivity index (χ1) is 18.2. The standard InChI is InChI=1S/C30H37NO6/c1-2-34-18-19-36-22-23-37-21-20-35-17-7-11-28(32)15-16-30(33)31-24-27-10-4-3-8-25(27)13-14-26-9-5-6-12-29(26)31/h3-6,8-10,12H,2,7,11,15-24H2,1H3. The number of hydrogen-bond acceptors (Lipinski definition) is 6. The molecule has 2 aromatic rings. The van der Waals surface area contributed by atoms with E-state index in [-0.39, 0.29) is 24.5 Å². The Hall–Kier alpha value is -3.02. The molecule has 37 heavy (non-hydrogen) atoms. The molecule has 0 atom stereocenters. The number of hydrogen-bond donors (Lipinski definition) is 0. The largest absolute Gasteiger partial charge is 0.379 e. The number of ketones is 1. The summed E-state index contributed by atoms with van der Waals surface area (Å²) in [4.78, 5) is 27.4. The molecule has 0 N–H and O–H groups in total. The highest BCUT2D eigenvalue weighted by Gasteiger charge is 2.21. The summed E-state index contributed by atoms with van der Waals surface area (Å²) in [6, 6.07) is 15.5. The van der Waals surface area contributed by atoms with Crippen LogP contribution in [0.4, 0.5) is 5.69 Å². The van der Waals surface area contributed by atoms with Gasteiger partial charge in [0, 0.05) is 43.6 Å². The Balaban J connectivity index is 1.33. The van der Waals surface area contributed by atoms with E-state index < -0.39 is 0 Å². The van der Waals surface area contributed by atoms with Crippen molar-refractivity contribution in [3.8, 4) is 11.8 Å². The van der Waals surface area contributed by atoms with Gasteiger partial charge in [-0.05, 0) is 37.1 Å². The molecule has 3 rings (SSSR count). The van der Waals surface area contributed by atoms with Gasteiger partial charge < -0.3 is 23.8 Å². The second-order valence-electron chi connectivity index (χ2n) is 8.58. The Morgan fingerprint density at radius 2 is 1.32 bits per heavy atom. The number of anilines is 1. The van der Waals surface area contributed by atoms with E-state index in [0.717, 1.165) is 22.4 Å². The molecule has 2 aromatic carbocycles. The summed E-state index contributed by atoms with van der Waals surface area (Å²) in [5, 5.41) is 0. The molecule has 0 saturated heterocycles. The number of amides is 1. The first-order valence-corrected chi connectivity index (χ1v) is 13.0. The zero-order valence-corrected chi connectivity index (χ0v) is 21.7. The number of carbonyl (C=O) groups excluding carboxylic acids is 2. The molecule has 0 bridgehead atoms. The Kier molecular flexibility index (Phi) is 12.9. The molecule has 0 aromatic heterocycles. The Labute approximate surface area is 220 Å². The van der Waals surface area contributed by atoms with Crippen LogP contribution in [0.3, 0.4) is 0 Å². The molecule has 0 radical (unpaired) electrons. The highest BCUT2D eigenvalue weighted by atomic mass is 16.6. The lowest BCUT2D eigenvalue weighted by molar-refractivity contribution is -0.124. The summed E-state index contributed by atoms with van der Waals surface area (Å²) in [6.07, 6.45) is 1.41. The number of fused-ring (bicyclic) bond motifs is 2. The lowest BCUT2D eigenvalue weighted by Gasteiger charge is -2.26. The molecule has 0 fully saturated rings. The smallest absolute Gasteiger partial charge is 0.227 e. The molecule has 1 aliphatic rings. The number of rotatable bonds is 17. The zero-order valence-electron chi connectivity index (χ0n) is 21.7. The highest BCUT2D eigenvalue weighted by Crippen LogP contribution is 2.26. The second-order valence-corrected chi connectivity index (χ2v) is 8.58. The minimum atomic E-state index is -0.0745. The van der Waals surface area contributed by atoms with Gasteiger partial charge in [0.1, 0.15) is 5.78 Å². The fraction of sp³-hybridized carbons (Fsp3) is 0.467. The molecular weight excluding hydrogens is 470 g/mol. The number of benzene rings is 2. The average molecular weight is 508 g/mol. The van der Waals surface area contributed by atoms with E-state index in [1.54, 1.807) is 4.90 Å². The normalized spacial score (nSPS) is 12.1. The van der Waals surface area contributed by atoms with Crippen molar-refractivity contribution in [2.75, 3.05) is 57.8 Å². The van der Waals surface area contributed by atoms with Crippen molar-refractivity contribution < 1.29 is 28.5 Å². The fourth-order valence-electron chi connectivity index (χ4n) is 3.89.